The van der Waals surface area contributed by atoms with Crippen LogP contribution in [0, 0.1) is 5.41 Å². The molecule has 0 amide bonds. The number of nitrogens with zero attached hydrogens (tertiary/aromatic N) is 2. The van der Waals surface area contributed by atoms with Crippen LogP contribution in [0.5, 0.6) is 0 Å². The quantitative estimate of drug-likeness (QED) is 0.893. The van der Waals surface area contributed by atoms with E-state index in [0.717, 1.165) is 13.0 Å². The molecule has 0 saturated carbocycles. The molecule has 0 radical (unpaired) electrons. The van der Waals surface area contributed by atoms with Crippen LogP contribution >= 0.6 is 11.3 Å². The average Bonchev–Trinajstić information content (AvgIpc) is 2.77. The molecular formula is C15H27N3S. The van der Waals surface area contributed by atoms with Crippen LogP contribution in [0.3, 0.4) is 0 Å². The highest BCUT2D eigenvalue weighted by molar-refractivity contribution is 7.15. The third-order valence-corrected chi connectivity index (χ3v) is 5.28. The van der Waals surface area contributed by atoms with Crippen LogP contribution in [0.25, 0.3) is 0 Å². The summed E-state index contributed by atoms with van der Waals surface area (Å²) in [6.45, 7) is 8.04. The number of fused-ring (bicyclic) bond motifs is 1. The Morgan fingerprint density at radius 3 is 2.84 bits per heavy atom. The summed E-state index contributed by atoms with van der Waals surface area (Å²) in [4.78, 5) is 8.67. The number of hydrogen-bond donors (Lipinski definition) is 1. The maximum Gasteiger partial charge on any atom is 0.185 e. The molecule has 108 valence electrons. The van der Waals surface area contributed by atoms with Gasteiger partial charge < -0.3 is 10.2 Å². The molecule has 1 heterocycles. The standard InChI is InChI=1S/C15H27N3S/c1-6-7-8-18(5)14-17-12-10-15(2,3)9-11(16-4)13(12)19-14/h11,16H,6-10H2,1-5H3. The Kier molecular flexibility index (Phi) is 4.51. The zero-order chi connectivity index (χ0) is 14.0. The van der Waals surface area contributed by atoms with Crippen molar-refractivity contribution in [3.8, 4) is 0 Å². The van der Waals surface area contributed by atoms with Crippen molar-refractivity contribution in [1.29, 1.82) is 0 Å². The fourth-order valence-electron chi connectivity index (χ4n) is 2.81. The second-order valence-electron chi connectivity index (χ2n) is 6.47. The summed E-state index contributed by atoms with van der Waals surface area (Å²) < 4.78 is 0. The second-order valence-corrected chi connectivity index (χ2v) is 7.48. The Morgan fingerprint density at radius 2 is 2.21 bits per heavy atom. The first-order chi connectivity index (χ1) is 8.96. The molecule has 1 unspecified atom stereocenters. The lowest BCUT2D eigenvalue weighted by Gasteiger charge is -2.34. The van der Waals surface area contributed by atoms with Crippen molar-refractivity contribution in [2.45, 2.75) is 52.5 Å². The molecule has 1 aromatic rings. The fourth-order valence-corrected chi connectivity index (χ4v) is 3.99. The zero-order valence-corrected chi connectivity index (χ0v) is 13.7. The predicted molar refractivity (Wildman–Crippen MR) is 84.2 cm³/mol. The maximum atomic E-state index is 4.90. The minimum Gasteiger partial charge on any atom is -0.351 e. The number of thiazole rings is 1. The summed E-state index contributed by atoms with van der Waals surface area (Å²) >= 11 is 1.88. The Bertz CT molecular complexity index is 425. The van der Waals surface area contributed by atoms with Crippen LogP contribution in [0.4, 0.5) is 5.13 Å². The van der Waals surface area contributed by atoms with Crippen molar-refractivity contribution in [2.24, 2.45) is 5.41 Å². The van der Waals surface area contributed by atoms with Gasteiger partial charge in [0, 0.05) is 24.5 Å². The van der Waals surface area contributed by atoms with Crippen LogP contribution in [0.15, 0.2) is 0 Å². The number of unbranched alkanes of at least 4 members (excludes halogenated alkanes) is 1. The molecule has 1 aromatic heterocycles. The molecule has 0 fully saturated rings. The molecule has 1 aliphatic carbocycles. The molecule has 0 saturated heterocycles. The van der Waals surface area contributed by atoms with Crippen molar-refractivity contribution in [3.05, 3.63) is 10.6 Å². The van der Waals surface area contributed by atoms with Crippen LogP contribution < -0.4 is 10.2 Å². The van der Waals surface area contributed by atoms with Gasteiger partial charge in [-0.3, -0.25) is 0 Å². The lowest BCUT2D eigenvalue weighted by Crippen LogP contribution is -2.30. The van der Waals surface area contributed by atoms with E-state index in [1.165, 1.54) is 35.0 Å². The first kappa shape index (κ1) is 14.8. The van der Waals surface area contributed by atoms with E-state index in [-0.39, 0.29) is 0 Å². The van der Waals surface area contributed by atoms with E-state index < -0.39 is 0 Å². The van der Waals surface area contributed by atoms with E-state index >= 15 is 0 Å². The monoisotopic (exact) mass is 281 g/mol. The van der Waals surface area contributed by atoms with E-state index in [0.29, 0.717) is 11.5 Å². The van der Waals surface area contributed by atoms with E-state index in [2.05, 4.69) is 45.1 Å². The highest BCUT2D eigenvalue weighted by atomic mass is 32.1. The van der Waals surface area contributed by atoms with Crippen molar-refractivity contribution >= 4 is 16.5 Å². The minimum absolute atomic E-state index is 0.355. The van der Waals surface area contributed by atoms with Crippen LogP contribution in [-0.2, 0) is 6.42 Å². The lowest BCUT2D eigenvalue weighted by atomic mass is 9.76. The SMILES string of the molecule is CCCCN(C)c1nc2c(s1)C(NC)CC(C)(C)C2. The Labute approximate surface area is 121 Å². The van der Waals surface area contributed by atoms with Gasteiger partial charge in [0.1, 0.15) is 0 Å². The van der Waals surface area contributed by atoms with Gasteiger partial charge in [0.15, 0.2) is 5.13 Å². The largest absolute Gasteiger partial charge is 0.351 e. The van der Waals surface area contributed by atoms with Crippen molar-refractivity contribution in [2.75, 3.05) is 25.5 Å². The van der Waals surface area contributed by atoms with E-state index in [4.69, 9.17) is 4.98 Å². The number of hydrogen-bond acceptors (Lipinski definition) is 4. The third kappa shape index (κ3) is 3.29. The molecular weight excluding hydrogens is 254 g/mol. The molecule has 1 atom stereocenters. The summed E-state index contributed by atoms with van der Waals surface area (Å²) in [6.07, 6.45) is 4.79. The van der Waals surface area contributed by atoms with Gasteiger partial charge in [0.25, 0.3) is 0 Å². The maximum absolute atomic E-state index is 4.90. The minimum atomic E-state index is 0.355. The highest BCUT2D eigenvalue weighted by Crippen LogP contribution is 2.44. The fraction of sp³-hybridized carbons (Fsp3) is 0.800. The van der Waals surface area contributed by atoms with Gasteiger partial charge >= 0.3 is 0 Å². The summed E-state index contributed by atoms with van der Waals surface area (Å²) in [5.41, 5.74) is 1.67. The second kappa shape index (κ2) is 5.80. The average molecular weight is 281 g/mol. The number of anilines is 1. The molecule has 19 heavy (non-hydrogen) atoms. The third-order valence-electron chi connectivity index (χ3n) is 3.96. The summed E-state index contributed by atoms with van der Waals surface area (Å²) in [7, 11) is 4.23. The summed E-state index contributed by atoms with van der Waals surface area (Å²) in [5, 5.41) is 4.65. The topological polar surface area (TPSA) is 28.2 Å². The molecule has 0 aromatic carbocycles. The van der Waals surface area contributed by atoms with Crippen LogP contribution in [0.1, 0.15) is 56.6 Å². The van der Waals surface area contributed by atoms with Gasteiger partial charge in [-0.05, 0) is 31.7 Å². The summed E-state index contributed by atoms with van der Waals surface area (Å²) in [5.74, 6) is 0. The van der Waals surface area contributed by atoms with Gasteiger partial charge in [0.05, 0.1) is 5.69 Å². The smallest absolute Gasteiger partial charge is 0.185 e. The molecule has 0 aliphatic heterocycles. The van der Waals surface area contributed by atoms with Crippen molar-refractivity contribution in [3.63, 3.8) is 0 Å². The van der Waals surface area contributed by atoms with Gasteiger partial charge in [-0.2, -0.15) is 0 Å². The first-order valence-corrected chi connectivity index (χ1v) is 8.16. The lowest BCUT2D eigenvalue weighted by molar-refractivity contribution is 0.265. The van der Waals surface area contributed by atoms with Gasteiger partial charge in [-0.1, -0.05) is 38.5 Å². The predicted octanol–water partition coefficient (Wildman–Crippen LogP) is 3.61. The molecule has 0 spiro atoms. The van der Waals surface area contributed by atoms with Gasteiger partial charge in [-0.15, -0.1) is 0 Å². The molecule has 1 N–H and O–H groups in total. The van der Waals surface area contributed by atoms with E-state index in [1.54, 1.807) is 0 Å². The van der Waals surface area contributed by atoms with Crippen molar-refractivity contribution < 1.29 is 0 Å². The number of rotatable bonds is 5. The Morgan fingerprint density at radius 1 is 1.47 bits per heavy atom. The highest BCUT2D eigenvalue weighted by Gasteiger charge is 2.34. The van der Waals surface area contributed by atoms with Crippen LogP contribution in [0.2, 0.25) is 0 Å². The van der Waals surface area contributed by atoms with Crippen molar-refractivity contribution in [1.82, 2.24) is 10.3 Å². The molecule has 2 rings (SSSR count). The first-order valence-electron chi connectivity index (χ1n) is 7.35. The molecule has 1 aliphatic rings. The number of nitrogens with one attached hydrogen (secondary N) is 1. The summed E-state index contributed by atoms with van der Waals surface area (Å²) in [6, 6.07) is 0.476. The van der Waals surface area contributed by atoms with E-state index in [1.807, 2.05) is 11.3 Å². The normalized spacial score (nSPS) is 21.2. The molecule has 3 nitrogen and oxygen atoms in total. The van der Waals surface area contributed by atoms with Crippen LogP contribution in [-0.4, -0.2) is 25.6 Å². The van der Waals surface area contributed by atoms with Gasteiger partial charge in [-0.25, -0.2) is 4.98 Å². The Balaban J connectivity index is 2.21. The number of aromatic nitrogens is 1. The Hall–Kier alpha value is -0.610. The molecule has 0 bridgehead atoms. The van der Waals surface area contributed by atoms with E-state index in [9.17, 15) is 0 Å². The van der Waals surface area contributed by atoms with Gasteiger partial charge in [0.2, 0.25) is 0 Å². The zero-order valence-electron chi connectivity index (χ0n) is 12.9. The molecule has 4 heteroatoms.